The van der Waals surface area contributed by atoms with Gasteiger partial charge in [-0.3, -0.25) is 14.6 Å². The number of fused-ring (bicyclic) bond motifs is 1. The van der Waals surface area contributed by atoms with Crippen LogP contribution in [0.2, 0.25) is 0 Å². The summed E-state index contributed by atoms with van der Waals surface area (Å²) in [5.41, 5.74) is 9.53. The second-order valence-electron chi connectivity index (χ2n) is 6.74. The van der Waals surface area contributed by atoms with Gasteiger partial charge in [0.25, 0.3) is 0 Å². The Labute approximate surface area is 186 Å². The minimum absolute atomic E-state index is 0. The Kier molecular flexibility index (Phi) is 5.41. The summed E-state index contributed by atoms with van der Waals surface area (Å²) in [6, 6.07) is 22.1. The molecule has 145 valence electrons. The van der Waals surface area contributed by atoms with E-state index in [1.54, 1.807) is 17.7 Å². The number of rotatable bonds is 3. The summed E-state index contributed by atoms with van der Waals surface area (Å²) in [5, 5.41) is 4.55. The van der Waals surface area contributed by atoms with Gasteiger partial charge in [0.15, 0.2) is 0 Å². The van der Waals surface area contributed by atoms with E-state index < -0.39 is 0 Å². The number of aromatic nitrogens is 4. The fraction of sp³-hybridized carbons (Fsp3) is 0.0870. The molecular weight excluding hydrogens is 557 g/mol. The largest absolute Gasteiger partial charge is 0.265 e. The van der Waals surface area contributed by atoms with Crippen LogP contribution in [0.25, 0.3) is 38.4 Å². The van der Waals surface area contributed by atoms with E-state index in [9.17, 15) is 0 Å². The molecule has 0 spiro atoms. The zero-order valence-electron chi connectivity index (χ0n) is 15.9. The first kappa shape index (κ1) is 19.6. The van der Waals surface area contributed by atoms with Gasteiger partial charge in [-0.05, 0) is 58.5 Å². The van der Waals surface area contributed by atoms with Gasteiger partial charge in [0.05, 0.1) is 17.0 Å². The van der Waals surface area contributed by atoms with Gasteiger partial charge in [-0.25, -0.2) is 0 Å². The first-order valence-electron chi connectivity index (χ1n) is 9.03. The van der Waals surface area contributed by atoms with Gasteiger partial charge >= 0.3 is 0 Å². The molecule has 2 aromatic heterocycles. The van der Waals surface area contributed by atoms with Gasteiger partial charge in [0.1, 0.15) is 6.33 Å². The topological polar surface area (TPSA) is 43.6 Å². The van der Waals surface area contributed by atoms with E-state index in [1.807, 2.05) is 28.4 Å². The van der Waals surface area contributed by atoms with Crippen LogP contribution in [-0.2, 0) is 20.1 Å². The summed E-state index contributed by atoms with van der Waals surface area (Å²) in [4.78, 5) is 8.97. The average molecular weight is 574 g/mol. The second kappa shape index (κ2) is 7.99. The van der Waals surface area contributed by atoms with Crippen molar-refractivity contribution in [2.24, 2.45) is 0 Å². The zero-order chi connectivity index (χ0) is 19.1. The van der Waals surface area contributed by atoms with Crippen LogP contribution in [0.5, 0.6) is 0 Å². The number of hydrogen-bond donors (Lipinski definition) is 0. The molecule has 0 N–H and O–H groups in total. The van der Waals surface area contributed by atoms with Crippen molar-refractivity contribution in [2.75, 3.05) is 0 Å². The van der Waals surface area contributed by atoms with Gasteiger partial charge in [-0.1, -0.05) is 35.9 Å². The van der Waals surface area contributed by atoms with Gasteiger partial charge in [-0.2, -0.15) is 16.4 Å². The van der Waals surface area contributed by atoms with Crippen LogP contribution >= 0.6 is 11.3 Å². The van der Waals surface area contributed by atoms with Crippen molar-refractivity contribution >= 4 is 21.6 Å². The van der Waals surface area contributed by atoms with Crippen LogP contribution in [0.4, 0.5) is 0 Å². The first-order valence-corrected chi connectivity index (χ1v) is 9.91. The molecule has 5 rings (SSSR count). The summed E-state index contributed by atoms with van der Waals surface area (Å²) in [6.45, 7) is 4.24. The molecule has 3 aromatic carbocycles. The van der Waals surface area contributed by atoms with Crippen molar-refractivity contribution in [1.82, 2.24) is 19.7 Å². The normalized spacial score (nSPS) is 10.8. The summed E-state index contributed by atoms with van der Waals surface area (Å²) >= 11 is 1.60. The first-order chi connectivity index (χ1) is 13.7. The summed E-state index contributed by atoms with van der Waals surface area (Å²) in [6.07, 6.45) is 1.60. The van der Waals surface area contributed by atoms with Crippen molar-refractivity contribution in [3.05, 3.63) is 83.6 Å². The average Bonchev–Trinajstić information content (AvgIpc) is 3.37. The molecule has 0 amide bonds. The monoisotopic (exact) mass is 574 g/mol. The van der Waals surface area contributed by atoms with E-state index in [-0.39, 0.29) is 20.1 Å². The minimum Gasteiger partial charge on any atom is -0.265 e. The predicted octanol–water partition coefficient (Wildman–Crippen LogP) is 5.63. The van der Waals surface area contributed by atoms with E-state index in [2.05, 4.69) is 71.4 Å². The van der Waals surface area contributed by atoms with E-state index in [0.717, 1.165) is 38.4 Å². The predicted molar refractivity (Wildman–Crippen MR) is 114 cm³/mol. The Hall–Kier alpha value is -2.66. The van der Waals surface area contributed by atoms with Crippen molar-refractivity contribution in [1.29, 1.82) is 0 Å². The second-order valence-corrected chi connectivity index (χ2v) is 7.59. The van der Waals surface area contributed by atoms with Crippen LogP contribution in [0.3, 0.4) is 0 Å². The van der Waals surface area contributed by atoms with Gasteiger partial charge in [-0.15, -0.1) is 18.2 Å². The number of benzene rings is 3. The molecule has 0 atom stereocenters. The number of thiazole rings is 1. The maximum Gasteiger partial charge on any atom is 0.127 e. The third kappa shape index (κ3) is 3.44. The minimum atomic E-state index is 0. The molecule has 0 aliphatic heterocycles. The number of aryl methyl sites for hydroxylation is 2. The summed E-state index contributed by atoms with van der Waals surface area (Å²) < 4.78 is 3.00. The SMILES string of the molecule is Cc1cc(-c2ccccc2)cc(C)c1-n1ncnc1-c1[c-]ccc2ncsc12.[Ir]. The Morgan fingerprint density at radius 1 is 0.931 bits per heavy atom. The maximum atomic E-state index is 4.55. The van der Waals surface area contributed by atoms with Crippen molar-refractivity contribution in [3.8, 4) is 28.2 Å². The van der Waals surface area contributed by atoms with Gasteiger partial charge in [0.2, 0.25) is 0 Å². The molecule has 0 saturated heterocycles. The molecule has 6 heteroatoms. The fourth-order valence-electron chi connectivity index (χ4n) is 3.66. The molecule has 0 aliphatic carbocycles. The molecule has 29 heavy (non-hydrogen) atoms. The fourth-order valence-corrected chi connectivity index (χ4v) is 4.44. The molecule has 5 aromatic rings. The van der Waals surface area contributed by atoms with Crippen LogP contribution in [0, 0.1) is 19.9 Å². The van der Waals surface area contributed by atoms with E-state index in [1.165, 1.54) is 11.1 Å². The summed E-state index contributed by atoms with van der Waals surface area (Å²) in [7, 11) is 0. The summed E-state index contributed by atoms with van der Waals surface area (Å²) in [5.74, 6) is 0.786. The third-order valence-electron chi connectivity index (χ3n) is 4.87. The molecule has 1 radical (unpaired) electrons. The van der Waals surface area contributed by atoms with Crippen LogP contribution in [0.1, 0.15) is 11.1 Å². The molecule has 0 aliphatic rings. The Morgan fingerprint density at radius 2 is 1.69 bits per heavy atom. The molecule has 4 nitrogen and oxygen atoms in total. The van der Waals surface area contributed by atoms with Gasteiger partial charge < -0.3 is 0 Å². The third-order valence-corrected chi connectivity index (χ3v) is 5.73. The number of nitrogens with zero attached hydrogens (tertiary/aromatic N) is 4. The number of hydrogen-bond acceptors (Lipinski definition) is 4. The van der Waals surface area contributed by atoms with Gasteiger partial charge in [0, 0.05) is 20.1 Å². The van der Waals surface area contributed by atoms with Crippen molar-refractivity contribution < 1.29 is 20.1 Å². The standard InChI is InChI=1S/C23H17N4S.Ir/c1-15-11-18(17-7-4-3-5-8-17)12-16(2)21(15)27-23(24-13-26-27)19-9-6-10-20-22(19)28-14-25-20;/h3-8,10-14H,1-2H3;/q-1;. The molecule has 0 saturated carbocycles. The molecule has 0 bridgehead atoms. The van der Waals surface area contributed by atoms with Crippen molar-refractivity contribution in [2.45, 2.75) is 13.8 Å². The molecule has 2 heterocycles. The Balaban J connectivity index is 0.00000205. The van der Waals surface area contributed by atoms with Crippen LogP contribution in [0.15, 0.2) is 66.4 Å². The molecule has 0 fully saturated rings. The van der Waals surface area contributed by atoms with Crippen molar-refractivity contribution in [3.63, 3.8) is 0 Å². The van der Waals surface area contributed by atoms with Crippen LogP contribution < -0.4 is 0 Å². The smallest absolute Gasteiger partial charge is 0.127 e. The molecule has 0 unspecified atom stereocenters. The maximum absolute atomic E-state index is 4.55. The Bertz CT molecular complexity index is 1270. The zero-order valence-corrected chi connectivity index (χ0v) is 19.1. The van der Waals surface area contributed by atoms with Crippen LogP contribution in [-0.4, -0.2) is 19.7 Å². The quantitative estimate of drug-likeness (QED) is 0.263. The van der Waals surface area contributed by atoms with E-state index >= 15 is 0 Å². The Morgan fingerprint density at radius 3 is 2.45 bits per heavy atom. The van der Waals surface area contributed by atoms with E-state index in [4.69, 9.17) is 0 Å². The molecular formula is C23H17IrN4S-. The van der Waals surface area contributed by atoms with E-state index in [0.29, 0.717) is 0 Å².